The molecule has 2 N–H and O–H groups in total. The fourth-order valence-corrected chi connectivity index (χ4v) is 2.79. The quantitative estimate of drug-likeness (QED) is 0.846. The van der Waals surface area contributed by atoms with Crippen LogP contribution in [0.5, 0.6) is 17.2 Å². The Labute approximate surface area is 133 Å². The molecule has 1 aromatic carbocycles. The normalized spacial score (nSPS) is 15.9. The number of nitrogens with zero attached hydrogens (tertiary/aromatic N) is 3. The number of piperazine rings is 1. The van der Waals surface area contributed by atoms with Crippen molar-refractivity contribution in [2.24, 2.45) is 0 Å². The standard InChI is InChI=1S/C15H20N4O4/c1-18-4-6-19(7-5-18)15-16-9-8-10(20)12(22-2)13(23-3)11(9)14(21)17-15/h8,20H,4-7H2,1-3H3,(H,16,17,21). The molecule has 0 spiro atoms. The van der Waals surface area contributed by atoms with E-state index in [4.69, 9.17) is 9.47 Å². The lowest BCUT2D eigenvalue weighted by Crippen LogP contribution is -2.45. The fourth-order valence-electron chi connectivity index (χ4n) is 2.79. The van der Waals surface area contributed by atoms with Crippen LogP contribution in [0.3, 0.4) is 0 Å². The lowest BCUT2D eigenvalue weighted by atomic mass is 10.2. The molecule has 0 bridgehead atoms. The van der Waals surface area contributed by atoms with Crippen LogP contribution >= 0.6 is 0 Å². The number of aromatic amines is 1. The number of methoxy groups -OCH3 is 2. The van der Waals surface area contributed by atoms with E-state index in [1.807, 2.05) is 4.90 Å². The van der Waals surface area contributed by atoms with Gasteiger partial charge in [0.1, 0.15) is 5.39 Å². The second-order valence-electron chi connectivity index (χ2n) is 5.54. The van der Waals surface area contributed by atoms with Crippen LogP contribution in [-0.4, -0.2) is 67.4 Å². The zero-order valence-electron chi connectivity index (χ0n) is 13.4. The Kier molecular flexibility index (Phi) is 3.99. The molecular formula is C15H20N4O4. The van der Waals surface area contributed by atoms with Gasteiger partial charge >= 0.3 is 0 Å². The second-order valence-corrected chi connectivity index (χ2v) is 5.54. The molecular weight excluding hydrogens is 300 g/mol. The number of aromatic hydroxyl groups is 1. The van der Waals surface area contributed by atoms with Crippen molar-refractivity contribution in [1.82, 2.24) is 14.9 Å². The molecule has 0 amide bonds. The van der Waals surface area contributed by atoms with E-state index in [1.165, 1.54) is 20.3 Å². The molecule has 8 heteroatoms. The average molecular weight is 320 g/mol. The summed E-state index contributed by atoms with van der Waals surface area (Å²) in [4.78, 5) is 24.0. The van der Waals surface area contributed by atoms with Gasteiger partial charge in [-0.15, -0.1) is 0 Å². The van der Waals surface area contributed by atoms with Gasteiger partial charge in [-0.3, -0.25) is 9.78 Å². The third-order valence-corrected chi connectivity index (χ3v) is 4.09. The van der Waals surface area contributed by atoms with Crippen LogP contribution in [0.2, 0.25) is 0 Å². The van der Waals surface area contributed by atoms with Crippen LogP contribution < -0.4 is 19.9 Å². The van der Waals surface area contributed by atoms with Gasteiger partial charge in [0.15, 0.2) is 11.5 Å². The average Bonchev–Trinajstić information content (AvgIpc) is 2.53. The molecule has 0 unspecified atom stereocenters. The van der Waals surface area contributed by atoms with Gasteiger partial charge in [-0.1, -0.05) is 0 Å². The summed E-state index contributed by atoms with van der Waals surface area (Å²) in [6.45, 7) is 3.37. The maximum atomic E-state index is 12.5. The predicted octanol–water partition coefficient (Wildman–Crippen LogP) is 0.398. The predicted molar refractivity (Wildman–Crippen MR) is 86.8 cm³/mol. The molecule has 124 valence electrons. The summed E-state index contributed by atoms with van der Waals surface area (Å²) in [6, 6.07) is 1.42. The van der Waals surface area contributed by atoms with E-state index in [0.29, 0.717) is 11.5 Å². The Morgan fingerprint density at radius 3 is 2.43 bits per heavy atom. The van der Waals surface area contributed by atoms with Crippen molar-refractivity contribution in [3.05, 3.63) is 16.4 Å². The molecule has 1 aliphatic heterocycles. The van der Waals surface area contributed by atoms with Gasteiger partial charge in [-0.2, -0.15) is 0 Å². The van der Waals surface area contributed by atoms with Crippen molar-refractivity contribution in [3.63, 3.8) is 0 Å². The Hall–Kier alpha value is -2.48. The van der Waals surface area contributed by atoms with Crippen LogP contribution in [0.25, 0.3) is 10.9 Å². The van der Waals surface area contributed by atoms with Gasteiger partial charge in [0.2, 0.25) is 11.7 Å². The molecule has 23 heavy (non-hydrogen) atoms. The van der Waals surface area contributed by atoms with Gasteiger partial charge < -0.3 is 24.4 Å². The Bertz CT molecular complexity index is 781. The van der Waals surface area contributed by atoms with Gasteiger partial charge in [0.25, 0.3) is 5.56 Å². The van der Waals surface area contributed by atoms with Crippen LogP contribution in [0.4, 0.5) is 5.95 Å². The number of benzene rings is 1. The molecule has 2 aromatic rings. The number of ether oxygens (including phenoxy) is 2. The summed E-state index contributed by atoms with van der Waals surface area (Å²) in [5.74, 6) is 0.697. The van der Waals surface area contributed by atoms with E-state index in [1.54, 1.807) is 0 Å². The maximum absolute atomic E-state index is 12.5. The number of rotatable bonds is 3. The van der Waals surface area contributed by atoms with Crippen molar-refractivity contribution in [3.8, 4) is 17.2 Å². The largest absolute Gasteiger partial charge is 0.504 e. The highest BCUT2D eigenvalue weighted by Gasteiger charge is 2.21. The highest BCUT2D eigenvalue weighted by atomic mass is 16.5. The second kappa shape index (κ2) is 5.96. The Morgan fingerprint density at radius 1 is 1.17 bits per heavy atom. The summed E-state index contributed by atoms with van der Waals surface area (Å²) in [5.41, 5.74) is 0.0527. The molecule has 0 saturated carbocycles. The Balaban J connectivity index is 2.14. The van der Waals surface area contributed by atoms with Crippen LogP contribution in [-0.2, 0) is 0 Å². The molecule has 0 aliphatic carbocycles. The van der Waals surface area contributed by atoms with E-state index in [0.717, 1.165) is 26.2 Å². The monoisotopic (exact) mass is 320 g/mol. The first-order valence-corrected chi connectivity index (χ1v) is 7.36. The molecule has 1 aliphatic rings. The summed E-state index contributed by atoms with van der Waals surface area (Å²) >= 11 is 0. The highest BCUT2D eigenvalue weighted by Crippen LogP contribution is 2.40. The molecule has 0 radical (unpaired) electrons. The van der Waals surface area contributed by atoms with Crippen molar-refractivity contribution >= 4 is 16.9 Å². The number of hydrogen-bond donors (Lipinski definition) is 2. The maximum Gasteiger partial charge on any atom is 0.264 e. The lowest BCUT2D eigenvalue weighted by molar-refractivity contribution is 0.311. The van der Waals surface area contributed by atoms with E-state index < -0.39 is 0 Å². The zero-order chi connectivity index (χ0) is 16.6. The van der Waals surface area contributed by atoms with E-state index in [2.05, 4.69) is 21.9 Å². The number of H-pyrrole nitrogens is 1. The third kappa shape index (κ3) is 2.65. The van der Waals surface area contributed by atoms with Gasteiger partial charge in [-0.25, -0.2) is 4.98 Å². The molecule has 2 heterocycles. The van der Waals surface area contributed by atoms with E-state index >= 15 is 0 Å². The van der Waals surface area contributed by atoms with Gasteiger partial charge in [-0.05, 0) is 7.05 Å². The summed E-state index contributed by atoms with van der Waals surface area (Å²) in [5, 5.41) is 10.3. The number of nitrogens with one attached hydrogen (secondary N) is 1. The van der Waals surface area contributed by atoms with Crippen molar-refractivity contribution in [2.45, 2.75) is 0 Å². The fraction of sp³-hybridized carbons (Fsp3) is 0.467. The third-order valence-electron chi connectivity index (χ3n) is 4.09. The summed E-state index contributed by atoms with van der Waals surface area (Å²) in [7, 11) is 4.89. The van der Waals surface area contributed by atoms with Crippen molar-refractivity contribution in [1.29, 1.82) is 0 Å². The van der Waals surface area contributed by atoms with Gasteiger partial charge in [0, 0.05) is 32.2 Å². The zero-order valence-corrected chi connectivity index (χ0v) is 13.4. The van der Waals surface area contributed by atoms with Crippen LogP contribution in [0.1, 0.15) is 0 Å². The van der Waals surface area contributed by atoms with E-state index in [9.17, 15) is 9.90 Å². The number of phenolic OH excluding ortho intramolecular Hbond substituents is 1. The first kappa shape index (κ1) is 15.4. The number of anilines is 1. The van der Waals surface area contributed by atoms with E-state index in [-0.39, 0.29) is 28.2 Å². The molecule has 8 nitrogen and oxygen atoms in total. The molecule has 1 saturated heterocycles. The smallest absolute Gasteiger partial charge is 0.264 e. The minimum atomic E-state index is -0.320. The van der Waals surface area contributed by atoms with Crippen LogP contribution in [0.15, 0.2) is 10.9 Å². The molecule has 1 fully saturated rings. The number of aromatic nitrogens is 2. The first-order chi connectivity index (χ1) is 11.0. The highest BCUT2D eigenvalue weighted by molar-refractivity contribution is 5.90. The first-order valence-electron chi connectivity index (χ1n) is 7.36. The van der Waals surface area contributed by atoms with Crippen molar-refractivity contribution in [2.75, 3.05) is 52.3 Å². The number of phenols is 1. The molecule has 1 aromatic heterocycles. The minimum absolute atomic E-state index is 0.112. The molecule has 0 atom stereocenters. The minimum Gasteiger partial charge on any atom is -0.504 e. The van der Waals surface area contributed by atoms with Gasteiger partial charge in [0.05, 0.1) is 19.7 Å². The van der Waals surface area contributed by atoms with Crippen molar-refractivity contribution < 1.29 is 14.6 Å². The van der Waals surface area contributed by atoms with Crippen LogP contribution in [0, 0.1) is 0 Å². The SMILES string of the molecule is COc1c(O)cc2nc(N3CCN(C)CC3)[nH]c(=O)c2c1OC. The topological polar surface area (TPSA) is 90.9 Å². The lowest BCUT2D eigenvalue weighted by Gasteiger charge is -2.32. The number of fused-ring (bicyclic) bond motifs is 1. The summed E-state index contributed by atoms with van der Waals surface area (Å²) < 4.78 is 10.4. The Morgan fingerprint density at radius 2 is 1.83 bits per heavy atom. The summed E-state index contributed by atoms with van der Waals surface area (Å²) in [6.07, 6.45) is 0. The number of likely N-dealkylation sites (N-methyl/N-ethyl adjacent to an activating group) is 1. The molecule has 3 rings (SSSR count). The number of hydrogen-bond acceptors (Lipinski definition) is 7.